The van der Waals surface area contributed by atoms with Crippen molar-refractivity contribution in [3.8, 4) is 5.75 Å². The van der Waals surface area contributed by atoms with Gasteiger partial charge in [0.05, 0.1) is 31.5 Å². The fourth-order valence-electron chi connectivity index (χ4n) is 3.52. The molecule has 9 heteroatoms. The Bertz CT molecular complexity index is 923. The summed E-state index contributed by atoms with van der Waals surface area (Å²) >= 11 is 1.99. The van der Waals surface area contributed by atoms with Gasteiger partial charge in [-0.25, -0.2) is 8.78 Å². The van der Waals surface area contributed by atoms with Crippen molar-refractivity contribution >= 4 is 28.5 Å². The number of aliphatic hydroxyl groups is 1. The van der Waals surface area contributed by atoms with Crippen LogP contribution in [0, 0.1) is 15.2 Å². The molecule has 1 fully saturated rings. The maximum Gasteiger partial charge on any atom is 0.252 e. The molecular weight excluding hydrogens is 521 g/mol. The van der Waals surface area contributed by atoms with Gasteiger partial charge in [-0.3, -0.25) is 9.69 Å². The van der Waals surface area contributed by atoms with Gasteiger partial charge in [0.25, 0.3) is 5.91 Å². The number of ether oxygens (including phenoxy) is 2. The highest BCUT2D eigenvalue weighted by Crippen LogP contribution is 2.27. The predicted octanol–water partition coefficient (Wildman–Crippen LogP) is 2.72. The van der Waals surface area contributed by atoms with Crippen LogP contribution in [0.15, 0.2) is 30.3 Å². The van der Waals surface area contributed by atoms with E-state index in [-0.39, 0.29) is 29.9 Å². The van der Waals surface area contributed by atoms with E-state index in [9.17, 15) is 18.7 Å². The summed E-state index contributed by atoms with van der Waals surface area (Å²) < 4.78 is 40.1. The van der Waals surface area contributed by atoms with Gasteiger partial charge in [-0.15, -0.1) is 0 Å². The Hall–Kier alpha value is -1.82. The smallest absolute Gasteiger partial charge is 0.252 e. The minimum Gasteiger partial charge on any atom is -0.493 e. The van der Waals surface area contributed by atoms with Gasteiger partial charge in [-0.2, -0.15) is 0 Å². The van der Waals surface area contributed by atoms with Gasteiger partial charge in [-0.05, 0) is 51.9 Å². The number of rotatable bonds is 9. The minimum absolute atomic E-state index is 0.00516. The first kappa shape index (κ1) is 23.8. The van der Waals surface area contributed by atoms with Crippen LogP contribution in [0.1, 0.15) is 27.9 Å². The van der Waals surface area contributed by atoms with Crippen molar-refractivity contribution in [1.82, 2.24) is 4.90 Å². The minimum atomic E-state index is -0.787. The highest BCUT2D eigenvalue weighted by atomic mass is 127. The molecule has 1 aliphatic heterocycles. The van der Waals surface area contributed by atoms with E-state index in [0.717, 1.165) is 28.8 Å². The number of hydrogen-bond donors (Lipinski definition) is 2. The van der Waals surface area contributed by atoms with Crippen molar-refractivity contribution in [2.24, 2.45) is 5.73 Å². The van der Waals surface area contributed by atoms with E-state index in [1.165, 1.54) is 6.07 Å². The number of β-amino-alcohol motifs (C(OH)–C–C–N with tert-alkyl or cyclic N) is 1. The van der Waals surface area contributed by atoms with E-state index in [1.807, 2.05) is 22.6 Å². The number of primary amides is 1. The third-order valence-electron chi connectivity index (χ3n) is 5.07. The largest absolute Gasteiger partial charge is 0.493 e. The van der Waals surface area contributed by atoms with Crippen LogP contribution >= 0.6 is 22.6 Å². The van der Waals surface area contributed by atoms with Crippen molar-refractivity contribution in [2.75, 3.05) is 39.5 Å². The van der Waals surface area contributed by atoms with Gasteiger partial charge in [0.2, 0.25) is 0 Å². The number of hydrogen-bond acceptors (Lipinski definition) is 5. The van der Waals surface area contributed by atoms with E-state index < -0.39 is 23.6 Å². The second-order valence-electron chi connectivity index (χ2n) is 7.42. The van der Waals surface area contributed by atoms with Gasteiger partial charge in [-0.1, -0.05) is 6.07 Å². The normalized spacial score (nSPS) is 15.6. The Kier molecular flexibility index (Phi) is 8.58. The van der Waals surface area contributed by atoms with Crippen LogP contribution in [-0.4, -0.2) is 61.5 Å². The van der Waals surface area contributed by atoms with E-state index in [2.05, 4.69) is 4.90 Å². The van der Waals surface area contributed by atoms with E-state index in [0.29, 0.717) is 31.7 Å². The monoisotopic (exact) mass is 546 g/mol. The average molecular weight is 546 g/mol. The molecule has 0 spiro atoms. The summed E-state index contributed by atoms with van der Waals surface area (Å²) in [5, 5.41) is 10.2. The van der Waals surface area contributed by atoms with Crippen LogP contribution in [0.25, 0.3) is 0 Å². The summed E-state index contributed by atoms with van der Waals surface area (Å²) in [5.74, 6) is -1.85. The molecule has 3 N–H and O–H groups in total. The summed E-state index contributed by atoms with van der Waals surface area (Å²) in [6.45, 7) is 3.34. The van der Waals surface area contributed by atoms with Crippen molar-refractivity contribution in [3.05, 3.63) is 62.2 Å². The first-order valence-corrected chi connectivity index (χ1v) is 11.1. The van der Waals surface area contributed by atoms with Gasteiger partial charge < -0.3 is 20.3 Å². The summed E-state index contributed by atoms with van der Waals surface area (Å²) in [6.07, 6.45) is -0.342. The van der Waals surface area contributed by atoms with Crippen LogP contribution < -0.4 is 10.5 Å². The number of morpholine rings is 1. The molecule has 0 saturated carbocycles. The third-order valence-corrected chi connectivity index (χ3v) is 5.74. The van der Waals surface area contributed by atoms with Gasteiger partial charge in [0.1, 0.15) is 17.4 Å². The zero-order valence-electron chi connectivity index (χ0n) is 17.0. The molecule has 0 unspecified atom stereocenters. The summed E-state index contributed by atoms with van der Waals surface area (Å²) in [5.41, 5.74) is 6.11. The molecule has 31 heavy (non-hydrogen) atoms. The van der Waals surface area contributed by atoms with Crippen molar-refractivity contribution in [1.29, 1.82) is 0 Å². The fourth-order valence-corrected chi connectivity index (χ4v) is 3.97. The molecule has 1 aliphatic rings. The molecule has 3 rings (SSSR count). The number of carbonyl (C=O) groups excluding carboxylic acids is 1. The van der Waals surface area contributed by atoms with Crippen molar-refractivity contribution < 1.29 is 28.2 Å². The lowest BCUT2D eigenvalue weighted by Gasteiger charge is -2.28. The lowest BCUT2D eigenvalue weighted by atomic mass is 9.98. The molecule has 1 amide bonds. The molecule has 0 bridgehead atoms. The van der Waals surface area contributed by atoms with Gasteiger partial charge >= 0.3 is 0 Å². The molecule has 0 aliphatic carbocycles. The fraction of sp³-hybridized carbons (Fsp3) is 0.409. The van der Waals surface area contributed by atoms with Crippen LogP contribution in [-0.2, 0) is 11.2 Å². The maximum absolute atomic E-state index is 14.3. The number of carbonyl (C=O) groups is 1. The molecule has 1 atom stereocenters. The number of benzene rings is 2. The highest BCUT2D eigenvalue weighted by molar-refractivity contribution is 14.1. The Morgan fingerprint density at radius 2 is 1.97 bits per heavy atom. The molecule has 2 aromatic rings. The molecule has 0 aromatic heterocycles. The van der Waals surface area contributed by atoms with Crippen molar-refractivity contribution in [3.63, 3.8) is 0 Å². The zero-order valence-corrected chi connectivity index (χ0v) is 19.1. The quantitative estimate of drug-likeness (QED) is 0.473. The molecular formula is C22H25F2IN2O4. The summed E-state index contributed by atoms with van der Waals surface area (Å²) in [6, 6.07) is 6.94. The van der Waals surface area contributed by atoms with E-state index in [4.69, 9.17) is 15.2 Å². The number of nitrogens with zero attached hydrogens (tertiary/aromatic N) is 1. The molecule has 6 nitrogen and oxygen atoms in total. The lowest BCUT2D eigenvalue weighted by molar-refractivity contribution is 0.0108. The van der Waals surface area contributed by atoms with E-state index >= 15 is 0 Å². The third kappa shape index (κ3) is 6.83. The summed E-state index contributed by atoms with van der Waals surface area (Å²) in [7, 11) is 0. The standard InChI is InChI=1S/C22H25F2IN2O4/c23-16-10-15(9-14-1-2-17(25)12-19(14)24)21(22(26)29)20(11-16)31-6-3-18(28)13-27-4-7-30-8-5-27/h1-2,10-12,18,28H,3-9,13H2,(H2,26,29)/t18-/m1/s1. The Morgan fingerprint density at radius 1 is 1.23 bits per heavy atom. The maximum atomic E-state index is 14.3. The molecule has 168 valence electrons. The molecule has 1 heterocycles. The Balaban J connectivity index is 1.70. The first-order chi connectivity index (χ1) is 14.8. The van der Waals surface area contributed by atoms with Crippen LogP contribution in [0.4, 0.5) is 8.78 Å². The number of halogens is 3. The van der Waals surface area contributed by atoms with Crippen LogP contribution in [0.5, 0.6) is 5.75 Å². The SMILES string of the molecule is NC(=O)c1c(Cc2ccc(I)cc2F)cc(F)cc1OCC[C@@H](O)CN1CCOCC1. The molecule has 2 aromatic carbocycles. The van der Waals surface area contributed by atoms with Crippen molar-refractivity contribution in [2.45, 2.75) is 18.9 Å². The van der Waals surface area contributed by atoms with Crippen LogP contribution in [0.2, 0.25) is 0 Å². The second-order valence-corrected chi connectivity index (χ2v) is 8.66. The summed E-state index contributed by atoms with van der Waals surface area (Å²) in [4.78, 5) is 14.2. The number of amides is 1. The van der Waals surface area contributed by atoms with Gasteiger partial charge in [0.15, 0.2) is 0 Å². The molecule has 1 saturated heterocycles. The average Bonchev–Trinajstić information content (AvgIpc) is 2.70. The number of aliphatic hydroxyl groups excluding tert-OH is 1. The zero-order chi connectivity index (χ0) is 22.4. The second kappa shape index (κ2) is 11.2. The lowest BCUT2D eigenvalue weighted by Crippen LogP contribution is -2.41. The van der Waals surface area contributed by atoms with Crippen LogP contribution in [0.3, 0.4) is 0 Å². The Morgan fingerprint density at radius 3 is 2.65 bits per heavy atom. The Labute approximate surface area is 193 Å². The first-order valence-electron chi connectivity index (χ1n) is 10.0. The van der Waals surface area contributed by atoms with E-state index in [1.54, 1.807) is 12.1 Å². The highest BCUT2D eigenvalue weighted by Gasteiger charge is 2.20. The topological polar surface area (TPSA) is 85.0 Å². The molecule has 0 radical (unpaired) electrons. The van der Waals surface area contributed by atoms with Gasteiger partial charge in [0, 0.05) is 42.1 Å². The number of nitrogens with two attached hydrogens (primary N) is 1. The predicted molar refractivity (Wildman–Crippen MR) is 120 cm³/mol.